The summed E-state index contributed by atoms with van der Waals surface area (Å²) < 4.78 is 5.50. The number of anilines is 2. The van der Waals surface area contributed by atoms with Gasteiger partial charge >= 0.3 is 0 Å². The third kappa shape index (κ3) is 5.57. The Morgan fingerprint density at radius 1 is 1.02 bits per heavy atom. The van der Waals surface area contributed by atoms with Crippen LogP contribution in [0.25, 0.3) is 10.9 Å². The number of carbonyl (C=O) groups excluding carboxylic acids is 2. The first-order valence-electron chi connectivity index (χ1n) is 16.8. The van der Waals surface area contributed by atoms with Crippen molar-refractivity contribution in [3.8, 4) is 0 Å². The largest absolute Gasteiger partial charge is 0.378 e. The number of nitrogens with one attached hydrogen (secondary N) is 2. The fraction of sp³-hybridized carbons (Fsp3) is 0.447. The quantitative estimate of drug-likeness (QED) is 0.215. The Kier molecular flexibility index (Phi) is 8.09. The minimum absolute atomic E-state index is 0.0291. The highest BCUT2D eigenvalue weighted by Crippen LogP contribution is 2.67. The third-order valence-corrected chi connectivity index (χ3v) is 10.9. The molecule has 1 aliphatic heterocycles. The molecule has 2 aromatic heterocycles. The van der Waals surface area contributed by atoms with E-state index >= 15 is 0 Å². The van der Waals surface area contributed by atoms with Crippen molar-refractivity contribution in [1.29, 1.82) is 0 Å². The fourth-order valence-corrected chi connectivity index (χ4v) is 8.25. The van der Waals surface area contributed by atoms with Gasteiger partial charge in [-0.1, -0.05) is 51.0 Å². The van der Waals surface area contributed by atoms with Crippen molar-refractivity contribution in [2.75, 3.05) is 36.5 Å². The van der Waals surface area contributed by atoms with Crippen LogP contribution >= 0.6 is 0 Å². The maximum absolute atomic E-state index is 14.6. The van der Waals surface area contributed by atoms with E-state index in [1.165, 1.54) is 16.6 Å². The zero-order valence-electron chi connectivity index (χ0n) is 27.2. The van der Waals surface area contributed by atoms with Gasteiger partial charge in [0.15, 0.2) is 0 Å². The van der Waals surface area contributed by atoms with Gasteiger partial charge in [-0.05, 0) is 84.5 Å². The Morgan fingerprint density at radius 3 is 2.48 bits per heavy atom. The summed E-state index contributed by atoms with van der Waals surface area (Å²) >= 11 is 0. The van der Waals surface area contributed by atoms with E-state index in [1.54, 1.807) is 6.20 Å². The van der Waals surface area contributed by atoms with E-state index in [0.29, 0.717) is 25.8 Å². The van der Waals surface area contributed by atoms with Crippen molar-refractivity contribution in [1.82, 2.24) is 14.9 Å². The highest BCUT2D eigenvalue weighted by atomic mass is 16.5. The number of morpholine rings is 1. The average molecular weight is 620 g/mol. The molecule has 1 saturated heterocycles. The van der Waals surface area contributed by atoms with E-state index in [2.05, 4.69) is 77.4 Å². The average Bonchev–Trinajstić information content (AvgIpc) is 3.42. The maximum atomic E-state index is 14.6. The molecule has 2 aliphatic carbocycles. The normalized spacial score (nSPS) is 21.7. The second-order valence-corrected chi connectivity index (χ2v) is 14.0. The molecule has 2 amide bonds. The van der Waals surface area contributed by atoms with Crippen LogP contribution in [0.3, 0.4) is 0 Å². The molecule has 7 rings (SSSR count). The monoisotopic (exact) mass is 619 g/mol. The smallest absolute Gasteiger partial charge is 0.250 e. The number of H-pyrrole nitrogens is 1. The van der Waals surface area contributed by atoms with Crippen LogP contribution in [0.4, 0.5) is 11.4 Å². The molecule has 3 heterocycles. The van der Waals surface area contributed by atoms with Gasteiger partial charge in [0.2, 0.25) is 11.8 Å². The Labute approximate surface area is 271 Å². The van der Waals surface area contributed by atoms with Gasteiger partial charge in [-0.15, -0.1) is 0 Å². The van der Waals surface area contributed by atoms with Crippen molar-refractivity contribution in [2.45, 2.75) is 70.9 Å². The van der Waals surface area contributed by atoms with Gasteiger partial charge in [-0.3, -0.25) is 14.6 Å². The number of pyridine rings is 1. The van der Waals surface area contributed by atoms with Crippen LogP contribution in [-0.4, -0.2) is 58.5 Å². The predicted molar refractivity (Wildman–Crippen MR) is 182 cm³/mol. The Hall–Kier alpha value is -4.17. The molecule has 0 unspecified atom stereocenters. The molecule has 0 spiro atoms. The lowest BCUT2D eigenvalue weighted by atomic mass is 9.91. The molecule has 2 saturated carbocycles. The first kappa shape index (κ1) is 30.5. The summed E-state index contributed by atoms with van der Waals surface area (Å²) in [6, 6.07) is 20.4. The SMILES string of the molecule is Cc1[nH]c2ccccc2c1[C@@H]1[C@H](CC(=O)N(Cc2cccnc2)C2(C(=O)Nc3ccc(N4CCOCC4)cc3)CCCC2)C1(C)C. The minimum Gasteiger partial charge on any atom is -0.378 e. The fourth-order valence-electron chi connectivity index (χ4n) is 8.25. The molecule has 3 fully saturated rings. The Bertz CT molecular complexity index is 1700. The molecule has 4 aromatic rings. The first-order chi connectivity index (χ1) is 22.3. The van der Waals surface area contributed by atoms with Crippen LogP contribution in [-0.2, 0) is 20.9 Å². The van der Waals surface area contributed by atoms with E-state index in [4.69, 9.17) is 4.74 Å². The van der Waals surface area contributed by atoms with Crippen molar-refractivity contribution in [3.63, 3.8) is 0 Å². The van der Waals surface area contributed by atoms with Crippen molar-refractivity contribution >= 4 is 34.1 Å². The molecular formula is C38H45N5O3. The third-order valence-electron chi connectivity index (χ3n) is 10.9. The summed E-state index contributed by atoms with van der Waals surface area (Å²) in [5.41, 5.74) is 5.50. The summed E-state index contributed by atoms with van der Waals surface area (Å²) in [7, 11) is 0. The van der Waals surface area contributed by atoms with Gasteiger partial charge in [0.05, 0.1) is 13.2 Å². The topological polar surface area (TPSA) is 90.6 Å². The zero-order chi connectivity index (χ0) is 31.9. The molecule has 8 nitrogen and oxygen atoms in total. The van der Waals surface area contributed by atoms with Crippen LogP contribution in [0.1, 0.15) is 68.7 Å². The number of ether oxygens (including phenoxy) is 1. The number of hydrogen-bond donors (Lipinski definition) is 2. The number of fused-ring (bicyclic) bond motifs is 1. The second-order valence-electron chi connectivity index (χ2n) is 14.0. The van der Waals surface area contributed by atoms with Gasteiger partial charge in [-0.2, -0.15) is 0 Å². The standard InChI is InChI=1S/C38H45N5O3/c1-26-34(30-10-4-5-11-32(30)40-26)35-31(37(35,2)3)23-33(44)43(25-27-9-8-18-39-24-27)38(16-6-7-17-38)36(45)41-28-12-14-29(15-13-28)42-19-21-46-22-20-42/h4-5,8-15,18,24,31,35,40H,6-7,16-17,19-23,25H2,1-3H3,(H,41,45)/t31-,35-/m0/s1. The van der Waals surface area contributed by atoms with Crippen LogP contribution in [0.15, 0.2) is 73.1 Å². The number of carbonyl (C=O) groups is 2. The van der Waals surface area contributed by atoms with E-state index in [9.17, 15) is 9.59 Å². The summed E-state index contributed by atoms with van der Waals surface area (Å²) in [5, 5.41) is 4.47. The lowest BCUT2D eigenvalue weighted by Gasteiger charge is -2.40. The second kappa shape index (κ2) is 12.2. The molecule has 8 heteroatoms. The molecule has 3 aliphatic rings. The number of aromatic nitrogens is 2. The van der Waals surface area contributed by atoms with Crippen LogP contribution in [0.2, 0.25) is 0 Å². The highest BCUT2D eigenvalue weighted by molar-refractivity contribution is 6.01. The Morgan fingerprint density at radius 2 is 1.76 bits per heavy atom. The van der Waals surface area contributed by atoms with Crippen LogP contribution in [0.5, 0.6) is 0 Å². The number of amides is 2. The molecule has 0 radical (unpaired) electrons. The van der Waals surface area contributed by atoms with Gasteiger partial charge < -0.3 is 24.8 Å². The highest BCUT2D eigenvalue weighted by Gasteiger charge is 2.60. The van der Waals surface area contributed by atoms with Crippen molar-refractivity contribution < 1.29 is 14.3 Å². The number of aryl methyl sites for hydroxylation is 1. The van der Waals surface area contributed by atoms with E-state index in [1.807, 2.05) is 35.4 Å². The van der Waals surface area contributed by atoms with Gasteiger partial charge in [0, 0.05) is 66.4 Å². The van der Waals surface area contributed by atoms with E-state index in [-0.39, 0.29) is 29.1 Å². The molecule has 2 N–H and O–H groups in total. The van der Waals surface area contributed by atoms with Crippen molar-refractivity contribution in [3.05, 3.63) is 89.9 Å². The number of aromatic amines is 1. The summed E-state index contributed by atoms with van der Waals surface area (Å²) in [6.45, 7) is 10.2. The zero-order valence-corrected chi connectivity index (χ0v) is 27.2. The lowest BCUT2D eigenvalue weighted by Crippen LogP contribution is -2.57. The molecular weight excluding hydrogens is 574 g/mol. The van der Waals surface area contributed by atoms with Gasteiger partial charge in [0.25, 0.3) is 0 Å². The number of rotatable bonds is 9. The van der Waals surface area contributed by atoms with E-state index < -0.39 is 5.54 Å². The molecule has 0 bridgehead atoms. The van der Waals surface area contributed by atoms with E-state index in [0.717, 1.165) is 61.6 Å². The summed E-state index contributed by atoms with van der Waals surface area (Å²) in [6.07, 6.45) is 7.07. The maximum Gasteiger partial charge on any atom is 0.250 e. The number of para-hydroxylation sites is 1. The molecule has 46 heavy (non-hydrogen) atoms. The van der Waals surface area contributed by atoms with Crippen LogP contribution < -0.4 is 10.2 Å². The summed E-state index contributed by atoms with van der Waals surface area (Å²) in [4.78, 5) is 41.1. The minimum atomic E-state index is -0.916. The van der Waals surface area contributed by atoms with Gasteiger partial charge in [-0.25, -0.2) is 0 Å². The van der Waals surface area contributed by atoms with Crippen LogP contribution in [0, 0.1) is 18.3 Å². The first-order valence-corrected chi connectivity index (χ1v) is 16.8. The predicted octanol–water partition coefficient (Wildman–Crippen LogP) is 6.82. The number of benzene rings is 2. The molecule has 2 aromatic carbocycles. The molecule has 2 atom stereocenters. The molecule has 240 valence electrons. The summed E-state index contributed by atoms with van der Waals surface area (Å²) in [5.74, 6) is 0.400. The Balaban J connectivity index is 1.15. The van der Waals surface area contributed by atoms with Crippen molar-refractivity contribution in [2.24, 2.45) is 11.3 Å². The van der Waals surface area contributed by atoms with Gasteiger partial charge in [0.1, 0.15) is 5.54 Å². The number of nitrogens with zero attached hydrogens (tertiary/aromatic N) is 3. The lowest BCUT2D eigenvalue weighted by molar-refractivity contribution is -0.146. The number of hydrogen-bond acceptors (Lipinski definition) is 5.